The van der Waals surface area contributed by atoms with Gasteiger partial charge in [-0.3, -0.25) is 14.4 Å². The fraction of sp³-hybridized carbons (Fsp3) is 0.409. The minimum absolute atomic E-state index is 0.0426. The van der Waals surface area contributed by atoms with Crippen LogP contribution in [0.4, 0.5) is 0 Å². The van der Waals surface area contributed by atoms with Crippen molar-refractivity contribution in [2.24, 2.45) is 11.3 Å². The SMILES string of the molecule is COC(=O)C1CCC(=O)C1(C)CC(=O)c1ccc(OC)c2cc(OC)ccc12. The van der Waals surface area contributed by atoms with Gasteiger partial charge in [-0.15, -0.1) is 0 Å². The predicted molar refractivity (Wildman–Crippen MR) is 104 cm³/mol. The Hall–Kier alpha value is -2.89. The number of Topliss-reactive ketones (excluding diaryl/α,β-unsaturated/α-hetero) is 2. The molecule has 2 aromatic carbocycles. The van der Waals surface area contributed by atoms with Crippen LogP contribution in [0.2, 0.25) is 0 Å². The summed E-state index contributed by atoms with van der Waals surface area (Å²) in [6, 6.07) is 8.82. The number of benzene rings is 2. The smallest absolute Gasteiger partial charge is 0.309 e. The van der Waals surface area contributed by atoms with Gasteiger partial charge in [-0.2, -0.15) is 0 Å². The van der Waals surface area contributed by atoms with E-state index in [-0.39, 0.29) is 24.4 Å². The standard InChI is InChI=1S/C22H24O6/c1-22(17(21(25)28-4)8-10-20(22)24)12-18(23)15-7-9-19(27-3)16-11-13(26-2)5-6-14(15)16/h5-7,9,11,17H,8,10,12H2,1-4H3. The highest BCUT2D eigenvalue weighted by Crippen LogP contribution is 2.45. The molecule has 0 radical (unpaired) electrons. The van der Waals surface area contributed by atoms with Crippen molar-refractivity contribution >= 4 is 28.3 Å². The Morgan fingerprint density at radius 1 is 1.07 bits per heavy atom. The summed E-state index contributed by atoms with van der Waals surface area (Å²) >= 11 is 0. The zero-order valence-electron chi connectivity index (χ0n) is 16.5. The van der Waals surface area contributed by atoms with Gasteiger partial charge in [0.1, 0.15) is 17.3 Å². The van der Waals surface area contributed by atoms with E-state index in [0.717, 1.165) is 5.39 Å². The number of hydrogen-bond donors (Lipinski definition) is 0. The lowest BCUT2D eigenvalue weighted by molar-refractivity contribution is -0.151. The molecule has 3 rings (SSSR count). The first kappa shape index (κ1) is 19.9. The number of ketones is 2. The molecule has 1 fully saturated rings. The lowest BCUT2D eigenvalue weighted by atomic mass is 9.74. The molecule has 1 saturated carbocycles. The quantitative estimate of drug-likeness (QED) is 0.559. The Kier molecular flexibility index (Phi) is 5.40. The van der Waals surface area contributed by atoms with Gasteiger partial charge in [0.15, 0.2) is 5.78 Å². The van der Waals surface area contributed by atoms with Gasteiger partial charge >= 0.3 is 5.97 Å². The molecule has 148 valence electrons. The van der Waals surface area contributed by atoms with E-state index in [1.54, 1.807) is 45.4 Å². The van der Waals surface area contributed by atoms with E-state index in [2.05, 4.69) is 0 Å². The summed E-state index contributed by atoms with van der Waals surface area (Å²) in [6.45, 7) is 1.69. The predicted octanol–water partition coefficient (Wildman–Crippen LogP) is 3.59. The van der Waals surface area contributed by atoms with Crippen molar-refractivity contribution in [2.75, 3.05) is 21.3 Å². The Morgan fingerprint density at radius 3 is 2.46 bits per heavy atom. The van der Waals surface area contributed by atoms with Gasteiger partial charge < -0.3 is 14.2 Å². The first-order chi connectivity index (χ1) is 13.3. The van der Waals surface area contributed by atoms with Gasteiger partial charge in [0.05, 0.1) is 27.2 Å². The molecule has 0 amide bonds. The average Bonchev–Trinajstić information content (AvgIpc) is 2.99. The number of methoxy groups -OCH3 is 3. The van der Waals surface area contributed by atoms with Crippen LogP contribution in [0.3, 0.4) is 0 Å². The van der Waals surface area contributed by atoms with E-state index in [4.69, 9.17) is 14.2 Å². The van der Waals surface area contributed by atoms with E-state index in [1.807, 2.05) is 6.07 Å². The normalized spacial score (nSPS) is 21.6. The van der Waals surface area contributed by atoms with Crippen LogP contribution in [0.15, 0.2) is 30.3 Å². The summed E-state index contributed by atoms with van der Waals surface area (Å²) in [4.78, 5) is 37.9. The van der Waals surface area contributed by atoms with E-state index in [1.165, 1.54) is 7.11 Å². The molecule has 2 unspecified atom stereocenters. The van der Waals surface area contributed by atoms with Crippen molar-refractivity contribution in [3.05, 3.63) is 35.9 Å². The molecule has 2 aromatic rings. The van der Waals surface area contributed by atoms with E-state index >= 15 is 0 Å². The second kappa shape index (κ2) is 7.62. The average molecular weight is 384 g/mol. The van der Waals surface area contributed by atoms with Gasteiger partial charge in [0.25, 0.3) is 0 Å². The fourth-order valence-corrected chi connectivity index (χ4v) is 4.09. The third kappa shape index (κ3) is 3.23. The number of ether oxygens (including phenoxy) is 3. The van der Waals surface area contributed by atoms with Gasteiger partial charge in [-0.1, -0.05) is 6.92 Å². The molecule has 2 atom stereocenters. The van der Waals surface area contributed by atoms with E-state index in [0.29, 0.717) is 28.9 Å². The topological polar surface area (TPSA) is 78.9 Å². The second-order valence-corrected chi connectivity index (χ2v) is 7.28. The number of esters is 1. The molecule has 28 heavy (non-hydrogen) atoms. The summed E-state index contributed by atoms with van der Waals surface area (Å²) in [6.07, 6.45) is 0.652. The van der Waals surface area contributed by atoms with Crippen LogP contribution >= 0.6 is 0 Å². The maximum absolute atomic E-state index is 13.2. The zero-order valence-corrected chi connectivity index (χ0v) is 16.5. The van der Waals surface area contributed by atoms with Crippen LogP contribution < -0.4 is 9.47 Å². The van der Waals surface area contributed by atoms with Gasteiger partial charge in [-0.25, -0.2) is 0 Å². The van der Waals surface area contributed by atoms with Crippen molar-refractivity contribution in [1.82, 2.24) is 0 Å². The van der Waals surface area contributed by atoms with E-state index in [9.17, 15) is 14.4 Å². The number of carbonyl (C=O) groups excluding carboxylic acids is 3. The van der Waals surface area contributed by atoms with Crippen LogP contribution in [0.1, 0.15) is 36.5 Å². The molecule has 1 aliphatic rings. The Balaban J connectivity index is 2.02. The van der Waals surface area contributed by atoms with Crippen molar-refractivity contribution in [3.8, 4) is 11.5 Å². The third-order valence-corrected chi connectivity index (χ3v) is 5.78. The summed E-state index contributed by atoms with van der Waals surface area (Å²) in [5.41, 5.74) is -0.564. The fourth-order valence-electron chi connectivity index (χ4n) is 4.09. The zero-order chi connectivity index (χ0) is 20.5. The second-order valence-electron chi connectivity index (χ2n) is 7.28. The van der Waals surface area contributed by atoms with Crippen molar-refractivity contribution in [1.29, 1.82) is 0 Å². The van der Waals surface area contributed by atoms with Crippen LogP contribution in [-0.4, -0.2) is 38.9 Å². The molecule has 0 spiro atoms. The van der Waals surface area contributed by atoms with Gasteiger partial charge in [-0.05, 0) is 42.1 Å². The molecule has 0 saturated heterocycles. The molecular formula is C22H24O6. The molecule has 6 nitrogen and oxygen atoms in total. The minimum atomic E-state index is -1.05. The maximum atomic E-state index is 13.2. The van der Waals surface area contributed by atoms with Crippen molar-refractivity contribution in [2.45, 2.75) is 26.2 Å². The lowest BCUT2D eigenvalue weighted by Crippen LogP contribution is -2.36. The largest absolute Gasteiger partial charge is 0.497 e. The van der Waals surface area contributed by atoms with Crippen LogP contribution in [0.5, 0.6) is 11.5 Å². The van der Waals surface area contributed by atoms with Gasteiger partial charge in [0, 0.05) is 29.2 Å². The number of rotatable bonds is 6. The van der Waals surface area contributed by atoms with Gasteiger partial charge in [0.2, 0.25) is 0 Å². The van der Waals surface area contributed by atoms with Crippen LogP contribution in [0.25, 0.3) is 10.8 Å². The lowest BCUT2D eigenvalue weighted by Gasteiger charge is -2.27. The highest BCUT2D eigenvalue weighted by atomic mass is 16.5. The first-order valence-electron chi connectivity index (χ1n) is 9.14. The van der Waals surface area contributed by atoms with Crippen LogP contribution in [-0.2, 0) is 14.3 Å². The highest BCUT2D eigenvalue weighted by molar-refractivity contribution is 6.11. The minimum Gasteiger partial charge on any atom is -0.497 e. The summed E-state index contributed by atoms with van der Waals surface area (Å²) in [5, 5.41) is 1.47. The molecule has 1 aliphatic carbocycles. The summed E-state index contributed by atoms with van der Waals surface area (Å²) < 4.78 is 15.5. The number of hydrogen-bond acceptors (Lipinski definition) is 6. The highest BCUT2D eigenvalue weighted by Gasteiger charge is 2.51. The Labute approximate surface area is 163 Å². The summed E-state index contributed by atoms with van der Waals surface area (Å²) in [5.74, 6) is -0.0237. The number of fused-ring (bicyclic) bond motifs is 1. The number of carbonyl (C=O) groups is 3. The van der Waals surface area contributed by atoms with Crippen LogP contribution in [0, 0.1) is 11.3 Å². The first-order valence-corrected chi connectivity index (χ1v) is 9.14. The third-order valence-electron chi connectivity index (χ3n) is 5.78. The van der Waals surface area contributed by atoms with E-state index < -0.39 is 17.3 Å². The molecule has 0 N–H and O–H groups in total. The molecule has 0 aliphatic heterocycles. The molecule has 0 bridgehead atoms. The monoisotopic (exact) mass is 384 g/mol. The van der Waals surface area contributed by atoms with Crippen molar-refractivity contribution in [3.63, 3.8) is 0 Å². The van der Waals surface area contributed by atoms with Crippen molar-refractivity contribution < 1.29 is 28.6 Å². The molecular weight excluding hydrogens is 360 g/mol. The Bertz CT molecular complexity index is 947. The molecule has 0 aromatic heterocycles. The Morgan fingerprint density at radius 2 is 1.82 bits per heavy atom. The maximum Gasteiger partial charge on any atom is 0.309 e. The molecule has 6 heteroatoms. The summed E-state index contributed by atoms with van der Waals surface area (Å²) in [7, 11) is 4.44. The molecule has 0 heterocycles.